The number of non-ortho nitro benzene ring substituents is 1. The Morgan fingerprint density at radius 1 is 1.20 bits per heavy atom. The van der Waals surface area contributed by atoms with Crippen molar-refractivity contribution in [1.29, 1.82) is 0 Å². The van der Waals surface area contributed by atoms with Crippen LogP contribution in [0, 0.1) is 24.0 Å². The number of benzene rings is 2. The lowest BCUT2D eigenvalue weighted by molar-refractivity contribution is -0.384. The van der Waals surface area contributed by atoms with E-state index in [9.17, 15) is 20.0 Å². The molecule has 0 fully saturated rings. The molecule has 2 aromatic carbocycles. The summed E-state index contributed by atoms with van der Waals surface area (Å²) in [6.07, 6.45) is 0. The molecule has 7 nitrogen and oxygen atoms in total. The van der Waals surface area contributed by atoms with Gasteiger partial charge in [-0.2, -0.15) is 0 Å². The number of nitrogens with zero attached hydrogens (tertiary/aromatic N) is 1. The number of nitro groups is 1. The second kappa shape index (κ2) is 5.94. The number of carbonyl (C=O) groups excluding carboxylic acids is 1. The van der Waals surface area contributed by atoms with Crippen LogP contribution in [0.25, 0.3) is 22.1 Å². The van der Waals surface area contributed by atoms with Gasteiger partial charge in [0.15, 0.2) is 0 Å². The molecule has 3 rings (SSSR count). The Hall–Kier alpha value is -3.35. The molecule has 1 N–H and O–H groups in total. The third-order valence-corrected chi connectivity index (χ3v) is 4.25. The third kappa shape index (κ3) is 2.59. The first-order valence-corrected chi connectivity index (χ1v) is 7.44. The first-order chi connectivity index (χ1) is 11.8. The van der Waals surface area contributed by atoms with Gasteiger partial charge in [0.05, 0.1) is 12.0 Å². The summed E-state index contributed by atoms with van der Waals surface area (Å²) < 4.78 is 10.5. The molecule has 1 aromatic heterocycles. The summed E-state index contributed by atoms with van der Waals surface area (Å²) in [6, 6.07) is 7.26. The molecule has 0 amide bonds. The SMILES string of the molecule is COC(=O)c1oc2c(C)c(C)c(O)cc2c1-c1ccc([N+](=O)[O-])cc1. The van der Waals surface area contributed by atoms with Gasteiger partial charge in [-0.15, -0.1) is 0 Å². The lowest BCUT2D eigenvalue weighted by Crippen LogP contribution is -2.01. The van der Waals surface area contributed by atoms with Gasteiger partial charge in [0, 0.05) is 23.1 Å². The molecule has 0 bridgehead atoms. The van der Waals surface area contributed by atoms with Crippen LogP contribution in [-0.2, 0) is 4.74 Å². The molecule has 0 spiro atoms. The number of nitro benzene ring substituents is 1. The van der Waals surface area contributed by atoms with Crippen LogP contribution in [0.5, 0.6) is 5.75 Å². The van der Waals surface area contributed by atoms with Crippen LogP contribution in [0.3, 0.4) is 0 Å². The zero-order chi connectivity index (χ0) is 18.3. The Kier molecular flexibility index (Phi) is 3.92. The van der Waals surface area contributed by atoms with Crippen LogP contribution in [0.2, 0.25) is 0 Å². The van der Waals surface area contributed by atoms with Crippen molar-refractivity contribution in [3.8, 4) is 16.9 Å². The van der Waals surface area contributed by atoms with Crippen LogP contribution in [-0.4, -0.2) is 23.1 Å². The standard InChI is InChI=1S/C18H15NO6/c1-9-10(2)16-13(8-14(9)20)15(17(25-16)18(21)24-3)11-4-6-12(7-5-11)19(22)23/h4-8,20H,1-3H3. The predicted octanol–water partition coefficient (Wildman–Crippen LogP) is 4.12. The molecule has 0 aliphatic carbocycles. The lowest BCUT2D eigenvalue weighted by Gasteiger charge is -2.05. The fraction of sp³-hybridized carbons (Fsp3) is 0.167. The van der Waals surface area contributed by atoms with Crippen molar-refractivity contribution < 1.29 is 24.0 Å². The van der Waals surface area contributed by atoms with E-state index < -0.39 is 10.9 Å². The van der Waals surface area contributed by atoms with Crippen molar-refractivity contribution in [2.75, 3.05) is 7.11 Å². The predicted molar refractivity (Wildman–Crippen MR) is 90.8 cm³/mol. The number of methoxy groups -OCH3 is 1. The maximum Gasteiger partial charge on any atom is 0.374 e. The summed E-state index contributed by atoms with van der Waals surface area (Å²) in [7, 11) is 1.24. The van der Waals surface area contributed by atoms with E-state index in [0.717, 1.165) is 0 Å². The van der Waals surface area contributed by atoms with Crippen molar-refractivity contribution in [2.45, 2.75) is 13.8 Å². The normalized spacial score (nSPS) is 10.8. The second-order valence-electron chi connectivity index (χ2n) is 5.62. The van der Waals surface area contributed by atoms with E-state index in [-0.39, 0.29) is 17.2 Å². The number of aromatic hydroxyl groups is 1. The van der Waals surface area contributed by atoms with Gasteiger partial charge < -0.3 is 14.3 Å². The molecule has 0 aliphatic rings. The van der Waals surface area contributed by atoms with Gasteiger partial charge in [0.2, 0.25) is 5.76 Å². The van der Waals surface area contributed by atoms with E-state index in [1.165, 1.54) is 37.4 Å². The number of aryl methyl sites for hydroxylation is 1. The summed E-state index contributed by atoms with van der Waals surface area (Å²) in [5.41, 5.74) is 2.72. The number of hydrogen-bond donors (Lipinski definition) is 1. The molecule has 0 atom stereocenters. The van der Waals surface area contributed by atoms with Crippen molar-refractivity contribution in [2.24, 2.45) is 0 Å². The Bertz CT molecular complexity index is 1000. The first-order valence-electron chi connectivity index (χ1n) is 7.44. The van der Waals surface area contributed by atoms with Gasteiger partial charge in [-0.1, -0.05) is 0 Å². The molecule has 0 saturated carbocycles. The van der Waals surface area contributed by atoms with Crippen LogP contribution >= 0.6 is 0 Å². The summed E-state index contributed by atoms with van der Waals surface area (Å²) >= 11 is 0. The number of furan rings is 1. The van der Waals surface area contributed by atoms with Gasteiger partial charge in [-0.25, -0.2) is 4.79 Å². The van der Waals surface area contributed by atoms with Crippen molar-refractivity contribution in [3.63, 3.8) is 0 Å². The van der Waals surface area contributed by atoms with E-state index in [0.29, 0.717) is 33.2 Å². The number of fused-ring (bicyclic) bond motifs is 1. The molecule has 0 unspecified atom stereocenters. The molecular weight excluding hydrogens is 326 g/mol. The van der Waals surface area contributed by atoms with Crippen molar-refractivity contribution in [1.82, 2.24) is 0 Å². The number of carbonyl (C=O) groups is 1. The zero-order valence-electron chi connectivity index (χ0n) is 13.8. The molecule has 3 aromatic rings. The second-order valence-corrected chi connectivity index (χ2v) is 5.62. The maximum atomic E-state index is 12.1. The average Bonchev–Trinajstić information content (AvgIpc) is 2.98. The number of rotatable bonds is 3. The summed E-state index contributed by atoms with van der Waals surface area (Å²) in [5, 5.41) is 21.5. The largest absolute Gasteiger partial charge is 0.508 e. The fourth-order valence-electron chi connectivity index (χ4n) is 2.74. The van der Waals surface area contributed by atoms with Crippen LogP contribution < -0.4 is 0 Å². The van der Waals surface area contributed by atoms with Gasteiger partial charge in [0.1, 0.15) is 11.3 Å². The minimum Gasteiger partial charge on any atom is -0.508 e. The fourth-order valence-corrected chi connectivity index (χ4v) is 2.74. The lowest BCUT2D eigenvalue weighted by atomic mass is 9.98. The molecule has 0 saturated heterocycles. The molecule has 0 aliphatic heterocycles. The molecular formula is C18H15NO6. The summed E-state index contributed by atoms with van der Waals surface area (Å²) in [5.74, 6) is -0.606. The highest BCUT2D eigenvalue weighted by Crippen LogP contribution is 2.40. The number of ether oxygens (including phenoxy) is 1. The maximum absolute atomic E-state index is 12.1. The highest BCUT2D eigenvalue weighted by atomic mass is 16.6. The monoisotopic (exact) mass is 341 g/mol. The van der Waals surface area contributed by atoms with Crippen LogP contribution in [0.15, 0.2) is 34.7 Å². The van der Waals surface area contributed by atoms with E-state index in [4.69, 9.17) is 9.15 Å². The average molecular weight is 341 g/mol. The van der Waals surface area contributed by atoms with E-state index >= 15 is 0 Å². The van der Waals surface area contributed by atoms with Gasteiger partial charge >= 0.3 is 5.97 Å². The highest BCUT2D eigenvalue weighted by molar-refractivity contribution is 6.07. The Morgan fingerprint density at radius 2 is 1.84 bits per heavy atom. The van der Waals surface area contributed by atoms with E-state index in [2.05, 4.69) is 0 Å². The minimum absolute atomic E-state index is 0.0144. The molecule has 7 heteroatoms. The van der Waals surface area contributed by atoms with Crippen LogP contribution in [0.4, 0.5) is 5.69 Å². The Balaban J connectivity index is 2.34. The minimum atomic E-state index is -0.666. The number of phenols is 1. The van der Waals surface area contributed by atoms with Gasteiger partial charge in [-0.3, -0.25) is 10.1 Å². The van der Waals surface area contributed by atoms with E-state index in [1.807, 2.05) is 0 Å². The Labute approximate surface area is 142 Å². The van der Waals surface area contributed by atoms with E-state index in [1.54, 1.807) is 13.8 Å². The first kappa shape index (κ1) is 16.5. The molecule has 1 heterocycles. The molecule has 25 heavy (non-hydrogen) atoms. The van der Waals surface area contributed by atoms with Crippen molar-refractivity contribution in [3.05, 3.63) is 57.3 Å². The number of hydrogen-bond acceptors (Lipinski definition) is 6. The summed E-state index contributed by atoms with van der Waals surface area (Å²) in [4.78, 5) is 22.5. The topological polar surface area (TPSA) is 103 Å². The number of phenolic OH excluding ortho intramolecular Hbond substituents is 1. The molecule has 128 valence electrons. The number of esters is 1. The quantitative estimate of drug-likeness (QED) is 0.437. The molecule has 0 radical (unpaired) electrons. The van der Waals surface area contributed by atoms with Crippen LogP contribution in [0.1, 0.15) is 21.7 Å². The smallest absolute Gasteiger partial charge is 0.374 e. The third-order valence-electron chi connectivity index (χ3n) is 4.25. The van der Waals surface area contributed by atoms with Crippen molar-refractivity contribution >= 4 is 22.6 Å². The van der Waals surface area contributed by atoms with Gasteiger partial charge in [0.25, 0.3) is 5.69 Å². The summed E-state index contributed by atoms with van der Waals surface area (Å²) in [6.45, 7) is 3.53. The highest BCUT2D eigenvalue weighted by Gasteiger charge is 2.25. The zero-order valence-corrected chi connectivity index (χ0v) is 13.8. The Morgan fingerprint density at radius 3 is 2.40 bits per heavy atom. The van der Waals surface area contributed by atoms with Gasteiger partial charge in [-0.05, 0) is 48.7 Å².